The summed E-state index contributed by atoms with van der Waals surface area (Å²) in [6.07, 6.45) is 0. The fourth-order valence-electron chi connectivity index (χ4n) is 15.5. The molecule has 0 unspecified atom stereocenters. The third kappa shape index (κ3) is 9.28. The number of fused-ring (bicyclic) bond motifs is 9. The summed E-state index contributed by atoms with van der Waals surface area (Å²) in [5, 5.41) is 5.05. The van der Waals surface area contributed by atoms with E-state index in [0.717, 1.165) is 22.7 Å². The van der Waals surface area contributed by atoms with Crippen molar-refractivity contribution in [3.63, 3.8) is 0 Å². The van der Waals surface area contributed by atoms with Crippen LogP contribution in [0, 0.1) is 48.5 Å². The molecule has 0 bridgehead atoms. The van der Waals surface area contributed by atoms with Crippen LogP contribution < -0.4 is 31.1 Å². The van der Waals surface area contributed by atoms with Gasteiger partial charge in [-0.2, -0.15) is 0 Å². The summed E-state index contributed by atoms with van der Waals surface area (Å²) in [6, 6.07) is 83.8. The van der Waals surface area contributed by atoms with Crippen molar-refractivity contribution in [2.24, 2.45) is 0 Å². The van der Waals surface area contributed by atoms with E-state index in [2.05, 4.69) is 328 Å². The summed E-state index contributed by atoms with van der Waals surface area (Å²) in [5.74, 6) is 0. The van der Waals surface area contributed by atoms with E-state index in [9.17, 15) is 0 Å². The molecule has 0 aliphatic carbocycles. The second-order valence-corrected chi connectivity index (χ2v) is 30.4. The summed E-state index contributed by atoms with van der Waals surface area (Å²) in [4.78, 5) is 10.4. The van der Waals surface area contributed by atoms with Gasteiger partial charge in [0.05, 0.1) is 16.7 Å². The lowest BCUT2D eigenvalue weighted by Gasteiger charge is -2.45. The Morgan fingerprint density at radius 2 is 0.848 bits per heavy atom. The minimum Gasteiger partial charge on any atom is -0.311 e. The van der Waals surface area contributed by atoms with Crippen LogP contribution in [0.3, 0.4) is 0 Å². The fraction of sp³-hybridized carbons (Fsp3) is 0.176. The van der Waals surface area contributed by atoms with Crippen LogP contribution in [-0.4, -0.2) is 11.3 Å². The van der Waals surface area contributed by atoms with Crippen molar-refractivity contribution in [2.75, 3.05) is 14.7 Å². The van der Waals surface area contributed by atoms with E-state index >= 15 is 0 Å². The predicted octanol–water partition coefficient (Wildman–Crippen LogP) is 22.9. The number of hydrogen-bond donors (Lipinski definition) is 0. The number of aryl methyl sites for hydroxylation is 7. The highest BCUT2D eigenvalue weighted by molar-refractivity contribution is 7.22. The summed E-state index contributed by atoms with van der Waals surface area (Å²) in [5.41, 5.74) is 31.9. The van der Waals surface area contributed by atoms with Gasteiger partial charge in [-0.25, -0.2) is 0 Å². The first-order chi connectivity index (χ1) is 44.2. The zero-order valence-corrected chi connectivity index (χ0v) is 56.6. The summed E-state index contributed by atoms with van der Waals surface area (Å²) in [6.45, 7) is 30.2. The standard InChI is InChI=1S/C85H75BN4S2/c1-50-37-74-82-75(38-50)90(65-43-53(4)81(54(5)44-65)79-46-58-24-18-22-30-77(58)92-79)73-49-63(87(83-55(6)39-60(40-56(83)7)85(11,12)13)62-32-34-67-66-27-19-20-28-70(66)88(71(67)48-62)61-25-15-14-16-26-61)33-36-69(73)86(82)68-35-31-59(84(8,9)10)47-72(68)89(74)64-41-51(2)80(52(3)42-64)78-45-57-23-17-21-29-76(57)91-78/h14-49H,1-13H3. The Bertz CT molecular complexity index is 5240. The molecule has 2 aliphatic rings. The largest absolute Gasteiger partial charge is 0.311 e. The average Bonchev–Trinajstić information content (AvgIpc) is 0.900. The van der Waals surface area contributed by atoms with Crippen LogP contribution in [0.25, 0.3) is 68.5 Å². The van der Waals surface area contributed by atoms with Crippen LogP contribution >= 0.6 is 22.7 Å². The SMILES string of the molecule is Cc1cc2c3c(c1)N(c1cc(C)c(-c4cc5ccccc5s4)c(C)c1)c1cc(C(C)(C)C)ccc1B3c1ccc(N(c3ccc4c5ccccc5n(-c5ccccc5)c4c3)c3c(C)cc(C(C)(C)C)cc3C)cc1N2c1cc(C)c(-c2cc3ccccc3s2)c(C)c1. The van der Waals surface area contributed by atoms with Crippen molar-refractivity contribution < 1.29 is 0 Å². The summed E-state index contributed by atoms with van der Waals surface area (Å²) in [7, 11) is 0. The van der Waals surface area contributed by atoms with E-state index in [0.29, 0.717) is 0 Å². The first-order valence-electron chi connectivity index (χ1n) is 32.5. The third-order valence-corrected chi connectivity index (χ3v) is 22.0. The van der Waals surface area contributed by atoms with E-state index in [-0.39, 0.29) is 17.5 Å². The first kappa shape index (κ1) is 57.7. The highest BCUT2D eigenvalue weighted by Crippen LogP contribution is 2.51. The number of anilines is 9. The molecule has 16 rings (SSSR count). The van der Waals surface area contributed by atoms with Gasteiger partial charge in [-0.3, -0.25) is 0 Å². The van der Waals surface area contributed by atoms with Crippen LogP contribution in [0.2, 0.25) is 0 Å². The predicted molar refractivity (Wildman–Crippen MR) is 402 cm³/mol. The van der Waals surface area contributed by atoms with Crippen molar-refractivity contribution in [2.45, 2.75) is 101 Å². The molecular weight excluding hydrogens is 1150 g/mol. The monoisotopic (exact) mass is 1230 g/mol. The summed E-state index contributed by atoms with van der Waals surface area (Å²) < 4.78 is 5.07. The van der Waals surface area contributed by atoms with Crippen LogP contribution in [0.1, 0.15) is 91.6 Å². The maximum Gasteiger partial charge on any atom is 0.252 e. The summed E-state index contributed by atoms with van der Waals surface area (Å²) >= 11 is 3.78. The van der Waals surface area contributed by atoms with Gasteiger partial charge in [0.2, 0.25) is 0 Å². The molecule has 92 heavy (non-hydrogen) atoms. The molecule has 0 fully saturated rings. The average molecular weight is 1230 g/mol. The lowest BCUT2D eigenvalue weighted by molar-refractivity contribution is 0.589. The highest BCUT2D eigenvalue weighted by atomic mass is 32.1. The lowest BCUT2D eigenvalue weighted by Crippen LogP contribution is -2.61. The van der Waals surface area contributed by atoms with Crippen LogP contribution in [0.5, 0.6) is 0 Å². The quantitative estimate of drug-likeness (QED) is 0.141. The van der Waals surface area contributed by atoms with E-state index in [1.165, 1.54) is 163 Å². The third-order valence-electron chi connectivity index (χ3n) is 19.7. The molecule has 3 aromatic heterocycles. The van der Waals surface area contributed by atoms with E-state index in [1.807, 2.05) is 22.7 Å². The molecule has 450 valence electrons. The number of thiophene rings is 2. The van der Waals surface area contributed by atoms with Crippen LogP contribution in [0.15, 0.2) is 218 Å². The van der Waals surface area contributed by atoms with Gasteiger partial charge in [0.15, 0.2) is 0 Å². The minimum atomic E-state index is -0.0905. The zero-order chi connectivity index (χ0) is 63.4. The smallest absolute Gasteiger partial charge is 0.252 e. The van der Waals surface area contributed by atoms with Crippen molar-refractivity contribution in [1.82, 2.24) is 4.57 Å². The molecule has 0 saturated carbocycles. The Balaban J connectivity index is 0.962. The Labute approximate surface area is 550 Å². The minimum absolute atomic E-state index is 0.0335. The van der Waals surface area contributed by atoms with Gasteiger partial charge in [0.1, 0.15) is 0 Å². The number of nitrogens with zero attached hydrogens (tertiary/aromatic N) is 4. The maximum absolute atomic E-state index is 2.64. The topological polar surface area (TPSA) is 14.7 Å². The first-order valence-corrected chi connectivity index (χ1v) is 34.1. The van der Waals surface area contributed by atoms with Crippen molar-refractivity contribution in [1.29, 1.82) is 0 Å². The van der Waals surface area contributed by atoms with E-state index in [1.54, 1.807) is 0 Å². The Kier molecular flexibility index (Phi) is 13.4. The molecular formula is C85H75BN4S2. The molecule has 0 radical (unpaired) electrons. The van der Waals surface area contributed by atoms with Crippen molar-refractivity contribution in [3.8, 4) is 26.6 Å². The fourth-order valence-corrected chi connectivity index (χ4v) is 18.0. The van der Waals surface area contributed by atoms with Crippen molar-refractivity contribution in [3.05, 3.63) is 268 Å². The lowest BCUT2D eigenvalue weighted by atomic mass is 9.33. The van der Waals surface area contributed by atoms with Gasteiger partial charge < -0.3 is 19.3 Å². The molecule has 11 aromatic carbocycles. The van der Waals surface area contributed by atoms with Gasteiger partial charge >= 0.3 is 0 Å². The number of para-hydroxylation sites is 2. The van der Waals surface area contributed by atoms with Crippen molar-refractivity contribution >= 4 is 139 Å². The van der Waals surface area contributed by atoms with Gasteiger partial charge in [0.25, 0.3) is 6.71 Å². The molecule has 0 N–H and O–H groups in total. The Morgan fingerprint density at radius 1 is 0.370 bits per heavy atom. The van der Waals surface area contributed by atoms with Crippen LogP contribution in [0.4, 0.5) is 51.2 Å². The second kappa shape index (κ2) is 21.3. The molecule has 7 heteroatoms. The van der Waals surface area contributed by atoms with Gasteiger partial charge in [-0.05, 0) is 257 Å². The van der Waals surface area contributed by atoms with Crippen LogP contribution in [-0.2, 0) is 10.8 Å². The van der Waals surface area contributed by atoms with E-state index < -0.39 is 0 Å². The Hall–Kier alpha value is -9.40. The molecule has 0 atom stereocenters. The molecule has 0 amide bonds. The molecule has 0 spiro atoms. The number of benzene rings is 11. The second-order valence-electron chi connectivity index (χ2n) is 28.2. The normalized spacial score (nSPS) is 13.0. The van der Waals surface area contributed by atoms with Gasteiger partial charge in [-0.15, -0.1) is 22.7 Å². The Morgan fingerprint density at radius 3 is 1.40 bits per heavy atom. The maximum atomic E-state index is 2.64. The van der Waals surface area contributed by atoms with Gasteiger partial charge in [-0.1, -0.05) is 151 Å². The molecule has 4 nitrogen and oxygen atoms in total. The van der Waals surface area contributed by atoms with Gasteiger partial charge in [0, 0.05) is 81.1 Å². The molecule has 2 aliphatic heterocycles. The molecule has 0 saturated heterocycles. The highest BCUT2D eigenvalue weighted by Gasteiger charge is 2.45. The molecule has 5 heterocycles. The number of rotatable bonds is 8. The zero-order valence-electron chi connectivity index (χ0n) is 55.0. The molecule has 14 aromatic rings. The number of hydrogen-bond acceptors (Lipinski definition) is 5. The number of aromatic nitrogens is 1. The van der Waals surface area contributed by atoms with E-state index in [4.69, 9.17) is 0 Å².